The zero-order chi connectivity index (χ0) is 17.7. The van der Waals surface area contributed by atoms with Gasteiger partial charge in [-0.2, -0.15) is 5.10 Å². The second kappa shape index (κ2) is 7.51. The molecule has 9 nitrogen and oxygen atoms in total. The molecule has 0 fully saturated rings. The molecule has 0 radical (unpaired) electrons. The number of hydrazone groups is 1. The normalized spacial score (nSPS) is 10.8. The van der Waals surface area contributed by atoms with Crippen LogP contribution < -0.4 is 15.9 Å². The Kier molecular flexibility index (Phi) is 5.42. The number of nitro benzene ring substituents is 1. The Morgan fingerprint density at radius 1 is 1.58 bits per heavy atom. The maximum atomic E-state index is 12.1. The van der Waals surface area contributed by atoms with E-state index in [4.69, 9.17) is 10.5 Å². The quantitative estimate of drug-likeness (QED) is 0.465. The fourth-order valence-electron chi connectivity index (χ4n) is 1.93. The molecule has 0 aliphatic carbocycles. The average Bonchev–Trinajstić information content (AvgIpc) is 2.95. The first-order valence-electron chi connectivity index (χ1n) is 6.87. The zero-order valence-corrected chi connectivity index (χ0v) is 13.8. The van der Waals surface area contributed by atoms with E-state index >= 15 is 0 Å². The van der Waals surface area contributed by atoms with E-state index in [0.717, 1.165) is 11.3 Å². The van der Waals surface area contributed by atoms with E-state index in [0.29, 0.717) is 27.7 Å². The molecule has 0 saturated heterocycles. The highest BCUT2D eigenvalue weighted by atomic mass is 32.1. The van der Waals surface area contributed by atoms with Gasteiger partial charge in [0.15, 0.2) is 10.9 Å². The zero-order valence-electron chi connectivity index (χ0n) is 13.0. The Morgan fingerprint density at radius 3 is 2.96 bits per heavy atom. The van der Waals surface area contributed by atoms with Crippen molar-refractivity contribution in [2.75, 3.05) is 12.8 Å². The van der Waals surface area contributed by atoms with Crippen LogP contribution in [-0.4, -0.2) is 29.1 Å². The molecule has 126 valence electrons. The minimum absolute atomic E-state index is 0.147. The molecule has 2 rings (SSSR count). The van der Waals surface area contributed by atoms with Crippen LogP contribution >= 0.6 is 11.3 Å². The number of hydrogen-bond donors (Lipinski definition) is 2. The maximum absolute atomic E-state index is 12.1. The number of nitrogens with two attached hydrogens (primary N) is 1. The summed E-state index contributed by atoms with van der Waals surface area (Å²) in [6, 6.07) is 4.35. The van der Waals surface area contributed by atoms with Gasteiger partial charge in [-0.15, -0.1) is 0 Å². The van der Waals surface area contributed by atoms with Gasteiger partial charge >= 0.3 is 5.69 Å². The summed E-state index contributed by atoms with van der Waals surface area (Å²) in [4.78, 5) is 26.9. The van der Waals surface area contributed by atoms with Crippen molar-refractivity contribution in [3.05, 3.63) is 44.4 Å². The molecule has 24 heavy (non-hydrogen) atoms. The molecule has 1 heterocycles. The van der Waals surface area contributed by atoms with E-state index in [-0.39, 0.29) is 11.4 Å². The third-order valence-electron chi connectivity index (χ3n) is 3.03. The number of methoxy groups -OCH3 is 1. The minimum Gasteiger partial charge on any atom is -0.490 e. The van der Waals surface area contributed by atoms with Crippen LogP contribution in [0.1, 0.15) is 27.9 Å². The number of ether oxygens (including phenoxy) is 1. The molecule has 0 saturated carbocycles. The number of rotatable bonds is 6. The Balaban J connectivity index is 2.12. The highest BCUT2D eigenvalue weighted by Crippen LogP contribution is 2.26. The average molecular weight is 349 g/mol. The number of hydrogen-bond acceptors (Lipinski definition) is 8. The van der Waals surface area contributed by atoms with Crippen LogP contribution in [0.3, 0.4) is 0 Å². The standard InChI is InChI=1S/C14H15N5O4S/c1-3-9-12(24-14(15)17-9)13(20)18-16-7-8-4-5-11(23-2)10(6-8)19(21)22/h4-7H,3H2,1-2H3,(H2,15,17)(H,18,20)/b16-7-. The molecule has 3 N–H and O–H groups in total. The number of nitro groups is 1. The van der Waals surface area contributed by atoms with E-state index in [1.165, 1.54) is 25.5 Å². The molecule has 1 amide bonds. The molecular formula is C14H15N5O4S. The highest BCUT2D eigenvalue weighted by molar-refractivity contribution is 7.17. The van der Waals surface area contributed by atoms with Gasteiger partial charge in [0.2, 0.25) is 0 Å². The third kappa shape index (κ3) is 3.84. The van der Waals surface area contributed by atoms with Crippen LogP contribution in [-0.2, 0) is 6.42 Å². The number of thiazole rings is 1. The first-order valence-corrected chi connectivity index (χ1v) is 7.69. The summed E-state index contributed by atoms with van der Waals surface area (Å²) in [7, 11) is 1.35. The lowest BCUT2D eigenvalue weighted by molar-refractivity contribution is -0.385. The Hall–Kier alpha value is -3.01. The molecular weight excluding hydrogens is 334 g/mol. The molecule has 1 aromatic heterocycles. The van der Waals surface area contributed by atoms with Gasteiger partial charge in [0.25, 0.3) is 5.91 Å². The number of carbonyl (C=O) groups is 1. The van der Waals surface area contributed by atoms with E-state index in [1.807, 2.05) is 6.92 Å². The molecule has 0 atom stereocenters. The molecule has 1 aromatic carbocycles. The minimum atomic E-state index is -0.553. The van der Waals surface area contributed by atoms with Crippen molar-refractivity contribution in [1.29, 1.82) is 0 Å². The third-order valence-corrected chi connectivity index (χ3v) is 3.96. The van der Waals surface area contributed by atoms with E-state index in [9.17, 15) is 14.9 Å². The number of nitrogens with one attached hydrogen (secondary N) is 1. The lowest BCUT2D eigenvalue weighted by Gasteiger charge is -2.02. The molecule has 0 aliphatic rings. The van der Waals surface area contributed by atoms with Crippen molar-refractivity contribution in [2.45, 2.75) is 13.3 Å². The monoisotopic (exact) mass is 349 g/mol. The van der Waals surface area contributed by atoms with Gasteiger partial charge < -0.3 is 10.5 Å². The lowest BCUT2D eigenvalue weighted by atomic mass is 10.2. The molecule has 0 unspecified atom stereocenters. The molecule has 10 heteroatoms. The smallest absolute Gasteiger partial charge is 0.311 e. The largest absolute Gasteiger partial charge is 0.490 e. The summed E-state index contributed by atoms with van der Waals surface area (Å²) in [5, 5.41) is 15.1. The first-order chi connectivity index (χ1) is 11.5. The van der Waals surface area contributed by atoms with Crippen LogP contribution in [0.5, 0.6) is 5.75 Å². The summed E-state index contributed by atoms with van der Waals surface area (Å²) in [5.41, 5.74) is 8.82. The number of nitrogens with zero attached hydrogens (tertiary/aromatic N) is 3. The topological polar surface area (TPSA) is 133 Å². The molecule has 0 aliphatic heterocycles. The van der Waals surface area contributed by atoms with Crippen LogP contribution in [0.25, 0.3) is 0 Å². The number of benzene rings is 1. The first kappa shape index (κ1) is 17.3. The van der Waals surface area contributed by atoms with E-state index < -0.39 is 10.8 Å². The second-order valence-electron chi connectivity index (χ2n) is 4.57. The van der Waals surface area contributed by atoms with E-state index in [1.54, 1.807) is 6.07 Å². The number of aryl methyl sites for hydroxylation is 1. The summed E-state index contributed by atoms with van der Waals surface area (Å²) < 4.78 is 4.92. The van der Waals surface area contributed by atoms with E-state index in [2.05, 4.69) is 15.5 Å². The van der Waals surface area contributed by atoms with Gasteiger partial charge in [0.1, 0.15) is 4.88 Å². The number of anilines is 1. The van der Waals surface area contributed by atoms with Crippen molar-refractivity contribution < 1.29 is 14.5 Å². The maximum Gasteiger partial charge on any atom is 0.311 e. The Labute approximate surface area is 141 Å². The molecule has 0 spiro atoms. The van der Waals surface area contributed by atoms with Crippen LogP contribution in [0, 0.1) is 10.1 Å². The summed E-state index contributed by atoms with van der Waals surface area (Å²) in [5.74, 6) is -0.283. The SMILES string of the molecule is CCc1nc(N)sc1C(=O)N/N=C\c1ccc(OC)c([N+](=O)[O-])c1. The lowest BCUT2D eigenvalue weighted by Crippen LogP contribution is -2.17. The van der Waals surface area contributed by atoms with Gasteiger partial charge in [-0.05, 0) is 18.6 Å². The number of carbonyl (C=O) groups excluding carboxylic acids is 1. The van der Waals surface area contributed by atoms with Crippen molar-refractivity contribution in [3.8, 4) is 5.75 Å². The van der Waals surface area contributed by atoms with Gasteiger partial charge in [-0.1, -0.05) is 18.3 Å². The van der Waals surface area contributed by atoms with Gasteiger partial charge in [0.05, 0.1) is 23.9 Å². The highest BCUT2D eigenvalue weighted by Gasteiger charge is 2.16. The van der Waals surface area contributed by atoms with Crippen molar-refractivity contribution in [1.82, 2.24) is 10.4 Å². The van der Waals surface area contributed by atoms with Crippen molar-refractivity contribution >= 4 is 34.3 Å². The fourth-order valence-corrected chi connectivity index (χ4v) is 2.74. The van der Waals surface area contributed by atoms with Crippen LogP contribution in [0.15, 0.2) is 23.3 Å². The number of amides is 1. The fraction of sp³-hybridized carbons (Fsp3) is 0.214. The number of aromatic nitrogens is 1. The Morgan fingerprint density at radius 2 is 2.33 bits per heavy atom. The predicted molar refractivity (Wildman–Crippen MR) is 90.6 cm³/mol. The summed E-state index contributed by atoms with van der Waals surface area (Å²) >= 11 is 1.08. The van der Waals surface area contributed by atoms with Gasteiger partial charge in [0, 0.05) is 11.6 Å². The number of nitrogen functional groups attached to an aromatic ring is 1. The molecule has 0 bridgehead atoms. The van der Waals surface area contributed by atoms with Gasteiger partial charge in [-0.3, -0.25) is 14.9 Å². The van der Waals surface area contributed by atoms with Crippen molar-refractivity contribution in [2.24, 2.45) is 5.10 Å². The van der Waals surface area contributed by atoms with Crippen LogP contribution in [0.4, 0.5) is 10.8 Å². The summed E-state index contributed by atoms with van der Waals surface area (Å²) in [6.07, 6.45) is 1.88. The second-order valence-corrected chi connectivity index (χ2v) is 5.60. The van der Waals surface area contributed by atoms with Crippen molar-refractivity contribution in [3.63, 3.8) is 0 Å². The predicted octanol–water partition coefficient (Wildman–Crippen LogP) is 1.97. The Bertz CT molecular complexity index is 802. The summed E-state index contributed by atoms with van der Waals surface area (Å²) in [6.45, 7) is 1.87. The molecule has 2 aromatic rings. The van der Waals surface area contributed by atoms with Crippen LogP contribution in [0.2, 0.25) is 0 Å². The van der Waals surface area contributed by atoms with Gasteiger partial charge in [-0.25, -0.2) is 10.4 Å².